The molecule has 0 aliphatic carbocycles. The zero-order valence-corrected chi connectivity index (χ0v) is 14.6. The summed E-state index contributed by atoms with van der Waals surface area (Å²) in [5, 5.41) is 0. The van der Waals surface area contributed by atoms with Crippen LogP contribution in [0.3, 0.4) is 0 Å². The SMILES string of the molecule is C#CCn1c(C2CC(=O)N(CCc3ccccc3)C2)nc2ccccc21. The molecule has 1 aromatic heterocycles. The predicted molar refractivity (Wildman–Crippen MR) is 103 cm³/mol. The van der Waals surface area contributed by atoms with E-state index in [1.54, 1.807) is 0 Å². The van der Waals surface area contributed by atoms with Crippen molar-refractivity contribution in [1.82, 2.24) is 14.5 Å². The highest BCUT2D eigenvalue weighted by molar-refractivity contribution is 5.81. The number of imidazole rings is 1. The van der Waals surface area contributed by atoms with Gasteiger partial charge in [-0.15, -0.1) is 6.42 Å². The summed E-state index contributed by atoms with van der Waals surface area (Å²) in [6, 6.07) is 18.3. The Morgan fingerprint density at radius 2 is 1.88 bits per heavy atom. The third-order valence-electron chi connectivity index (χ3n) is 5.03. The van der Waals surface area contributed by atoms with Gasteiger partial charge in [-0.2, -0.15) is 0 Å². The van der Waals surface area contributed by atoms with Gasteiger partial charge in [0.2, 0.25) is 5.91 Å². The van der Waals surface area contributed by atoms with Crippen LogP contribution in [-0.4, -0.2) is 33.4 Å². The lowest BCUT2D eigenvalue weighted by Crippen LogP contribution is -2.27. The molecule has 4 heteroatoms. The molecule has 1 aliphatic rings. The Kier molecular flexibility index (Phi) is 4.45. The van der Waals surface area contributed by atoms with Gasteiger partial charge in [-0.1, -0.05) is 48.4 Å². The number of amides is 1. The maximum atomic E-state index is 12.5. The summed E-state index contributed by atoms with van der Waals surface area (Å²) in [6.45, 7) is 1.93. The minimum atomic E-state index is 0.0963. The van der Waals surface area contributed by atoms with Gasteiger partial charge in [0, 0.05) is 25.4 Å². The first-order valence-electron chi connectivity index (χ1n) is 8.96. The molecular formula is C22H21N3O. The summed E-state index contributed by atoms with van der Waals surface area (Å²) in [5.41, 5.74) is 3.23. The van der Waals surface area contributed by atoms with Crippen LogP contribution >= 0.6 is 0 Å². The monoisotopic (exact) mass is 343 g/mol. The van der Waals surface area contributed by atoms with E-state index in [1.165, 1.54) is 5.56 Å². The molecule has 0 N–H and O–H groups in total. The number of aromatic nitrogens is 2. The highest BCUT2D eigenvalue weighted by Gasteiger charge is 2.33. The molecule has 0 bridgehead atoms. The lowest BCUT2D eigenvalue weighted by molar-refractivity contribution is -0.127. The Labute approximate surface area is 153 Å². The molecule has 1 aliphatic heterocycles. The minimum Gasteiger partial charge on any atom is -0.342 e. The molecule has 2 aromatic carbocycles. The highest BCUT2D eigenvalue weighted by atomic mass is 16.2. The number of carbonyl (C=O) groups excluding carboxylic acids is 1. The standard InChI is InChI=1S/C22H21N3O/c1-2-13-25-20-11-7-6-10-19(20)23-22(25)18-15-21(26)24(16-18)14-12-17-8-4-3-5-9-17/h1,3-11,18H,12-16H2. The zero-order chi connectivity index (χ0) is 17.9. The molecule has 26 heavy (non-hydrogen) atoms. The lowest BCUT2D eigenvalue weighted by atomic mass is 10.1. The van der Waals surface area contributed by atoms with Crippen LogP contribution in [0.2, 0.25) is 0 Å². The van der Waals surface area contributed by atoms with Crippen molar-refractivity contribution in [2.24, 2.45) is 0 Å². The van der Waals surface area contributed by atoms with Gasteiger partial charge in [0.15, 0.2) is 0 Å². The fourth-order valence-corrected chi connectivity index (χ4v) is 3.73. The number of carbonyl (C=O) groups is 1. The summed E-state index contributed by atoms with van der Waals surface area (Å²) in [5.74, 6) is 3.95. The Balaban J connectivity index is 1.54. The molecular weight excluding hydrogens is 322 g/mol. The number of likely N-dealkylation sites (tertiary alicyclic amines) is 1. The molecule has 0 spiro atoms. The van der Waals surface area contributed by atoms with Crippen molar-refractivity contribution in [3.63, 3.8) is 0 Å². The Bertz CT molecular complexity index is 968. The van der Waals surface area contributed by atoms with Gasteiger partial charge in [-0.3, -0.25) is 4.79 Å². The number of terminal acetylenes is 1. The van der Waals surface area contributed by atoms with Crippen LogP contribution in [-0.2, 0) is 17.8 Å². The number of hydrogen-bond acceptors (Lipinski definition) is 2. The van der Waals surface area contributed by atoms with Gasteiger partial charge in [0.05, 0.1) is 17.6 Å². The van der Waals surface area contributed by atoms with E-state index in [9.17, 15) is 4.79 Å². The maximum absolute atomic E-state index is 12.5. The van der Waals surface area contributed by atoms with Gasteiger partial charge in [-0.25, -0.2) is 4.98 Å². The van der Waals surface area contributed by atoms with Crippen molar-refractivity contribution in [3.8, 4) is 12.3 Å². The highest BCUT2D eigenvalue weighted by Crippen LogP contribution is 2.30. The number of fused-ring (bicyclic) bond motifs is 1. The van der Waals surface area contributed by atoms with Gasteiger partial charge >= 0.3 is 0 Å². The maximum Gasteiger partial charge on any atom is 0.223 e. The van der Waals surface area contributed by atoms with Crippen molar-refractivity contribution >= 4 is 16.9 Å². The molecule has 0 saturated carbocycles. The largest absolute Gasteiger partial charge is 0.342 e. The van der Waals surface area contributed by atoms with Crippen LogP contribution in [0.1, 0.15) is 23.7 Å². The van der Waals surface area contributed by atoms with E-state index in [0.29, 0.717) is 19.5 Å². The Morgan fingerprint density at radius 1 is 1.12 bits per heavy atom. The van der Waals surface area contributed by atoms with Crippen molar-refractivity contribution in [2.75, 3.05) is 13.1 Å². The zero-order valence-electron chi connectivity index (χ0n) is 14.6. The first-order valence-corrected chi connectivity index (χ1v) is 8.96. The minimum absolute atomic E-state index is 0.0963. The number of nitrogens with zero attached hydrogens (tertiary/aromatic N) is 3. The van der Waals surface area contributed by atoms with Crippen molar-refractivity contribution in [3.05, 3.63) is 66.0 Å². The average Bonchev–Trinajstić information content (AvgIpc) is 3.22. The topological polar surface area (TPSA) is 38.1 Å². The van der Waals surface area contributed by atoms with E-state index in [0.717, 1.165) is 29.8 Å². The number of para-hydroxylation sites is 2. The van der Waals surface area contributed by atoms with Crippen LogP contribution in [0.5, 0.6) is 0 Å². The van der Waals surface area contributed by atoms with E-state index in [1.807, 2.05) is 47.4 Å². The van der Waals surface area contributed by atoms with Crippen LogP contribution in [0.4, 0.5) is 0 Å². The van der Waals surface area contributed by atoms with E-state index in [4.69, 9.17) is 11.4 Å². The summed E-state index contributed by atoms with van der Waals surface area (Å²) in [6.07, 6.45) is 6.95. The average molecular weight is 343 g/mol. The fraction of sp³-hybridized carbons (Fsp3) is 0.273. The van der Waals surface area contributed by atoms with Crippen molar-refractivity contribution in [2.45, 2.75) is 25.3 Å². The molecule has 130 valence electrons. The van der Waals surface area contributed by atoms with Crippen LogP contribution < -0.4 is 0 Å². The molecule has 1 unspecified atom stereocenters. The van der Waals surface area contributed by atoms with Gasteiger partial charge in [0.25, 0.3) is 0 Å². The second kappa shape index (κ2) is 7.05. The Hall–Kier alpha value is -3.06. The smallest absolute Gasteiger partial charge is 0.223 e. The van der Waals surface area contributed by atoms with E-state index < -0.39 is 0 Å². The molecule has 4 nitrogen and oxygen atoms in total. The molecule has 1 amide bonds. The molecule has 2 heterocycles. The number of benzene rings is 2. The Morgan fingerprint density at radius 3 is 2.69 bits per heavy atom. The van der Waals surface area contributed by atoms with Gasteiger partial charge in [-0.05, 0) is 24.1 Å². The number of rotatable bonds is 5. The van der Waals surface area contributed by atoms with Crippen LogP contribution in [0, 0.1) is 12.3 Å². The first kappa shape index (κ1) is 16.4. The second-order valence-electron chi connectivity index (χ2n) is 6.73. The van der Waals surface area contributed by atoms with Crippen molar-refractivity contribution < 1.29 is 4.79 Å². The second-order valence-corrected chi connectivity index (χ2v) is 6.73. The normalized spacial score (nSPS) is 17.0. The summed E-state index contributed by atoms with van der Waals surface area (Å²) < 4.78 is 2.08. The molecule has 3 aromatic rings. The molecule has 0 radical (unpaired) electrons. The molecule has 1 saturated heterocycles. The van der Waals surface area contributed by atoms with Crippen LogP contribution in [0.25, 0.3) is 11.0 Å². The third kappa shape index (κ3) is 3.09. The molecule has 1 fully saturated rings. The van der Waals surface area contributed by atoms with Crippen molar-refractivity contribution in [1.29, 1.82) is 0 Å². The third-order valence-corrected chi connectivity index (χ3v) is 5.03. The fourth-order valence-electron chi connectivity index (χ4n) is 3.73. The summed E-state index contributed by atoms with van der Waals surface area (Å²) in [4.78, 5) is 19.3. The number of hydrogen-bond donors (Lipinski definition) is 0. The van der Waals surface area contributed by atoms with E-state index in [2.05, 4.69) is 22.6 Å². The molecule has 1 atom stereocenters. The van der Waals surface area contributed by atoms with E-state index >= 15 is 0 Å². The van der Waals surface area contributed by atoms with E-state index in [-0.39, 0.29) is 11.8 Å². The summed E-state index contributed by atoms with van der Waals surface area (Å²) >= 11 is 0. The quantitative estimate of drug-likeness (QED) is 0.667. The summed E-state index contributed by atoms with van der Waals surface area (Å²) in [7, 11) is 0. The molecule has 4 rings (SSSR count). The first-order chi connectivity index (χ1) is 12.8. The predicted octanol–water partition coefficient (Wildman–Crippen LogP) is 3.23. The van der Waals surface area contributed by atoms with Gasteiger partial charge < -0.3 is 9.47 Å². The van der Waals surface area contributed by atoms with Crippen LogP contribution in [0.15, 0.2) is 54.6 Å². The van der Waals surface area contributed by atoms with Gasteiger partial charge in [0.1, 0.15) is 5.82 Å². The lowest BCUT2D eigenvalue weighted by Gasteiger charge is -2.17.